The normalized spacial score (nSPS) is 17.2. The van der Waals surface area contributed by atoms with E-state index in [9.17, 15) is 13.2 Å². The van der Waals surface area contributed by atoms with E-state index in [1.54, 1.807) is 37.3 Å². The monoisotopic (exact) mass is 408 g/mol. The van der Waals surface area contributed by atoms with Crippen LogP contribution in [0.1, 0.15) is 6.92 Å². The average molecular weight is 409 g/mol. The number of nitrogens with zero attached hydrogens (tertiary/aromatic N) is 1. The second-order valence-corrected chi connectivity index (χ2v) is 9.13. The third kappa shape index (κ3) is 5.37. The van der Waals surface area contributed by atoms with Gasteiger partial charge in [0.05, 0.1) is 11.5 Å². The number of halogens is 1. The zero-order valence-electron chi connectivity index (χ0n) is 14.9. The van der Waals surface area contributed by atoms with E-state index in [1.165, 1.54) is 0 Å². The summed E-state index contributed by atoms with van der Waals surface area (Å²) in [6.07, 6.45) is -0.685. The van der Waals surface area contributed by atoms with Crippen molar-refractivity contribution in [3.8, 4) is 5.75 Å². The van der Waals surface area contributed by atoms with Crippen LogP contribution in [0.3, 0.4) is 0 Å². The minimum atomic E-state index is -2.93. The molecule has 2 aromatic rings. The topological polar surface area (TPSA) is 75.7 Å². The Morgan fingerprint density at radius 2 is 1.81 bits per heavy atom. The zero-order chi connectivity index (χ0) is 19.4. The molecule has 0 saturated carbocycles. The van der Waals surface area contributed by atoms with Gasteiger partial charge in [-0.25, -0.2) is 8.42 Å². The predicted molar refractivity (Wildman–Crippen MR) is 107 cm³/mol. The van der Waals surface area contributed by atoms with Crippen LogP contribution in [0, 0.1) is 0 Å². The molecule has 0 spiro atoms. The van der Waals surface area contributed by atoms with Crippen LogP contribution in [0.25, 0.3) is 0 Å². The molecular formula is C19H21ClN2O4S. The predicted octanol–water partition coefficient (Wildman–Crippen LogP) is 2.98. The molecule has 144 valence electrons. The molecule has 1 heterocycles. The van der Waals surface area contributed by atoms with Gasteiger partial charge in [0, 0.05) is 29.5 Å². The fraction of sp³-hybridized carbons (Fsp3) is 0.316. The molecule has 2 aromatic carbocycles. The van der Waals surface area contributed by atoms with Gasteiger partial charge in [0.15, 0.2) is 15.9 Å². The number of ether oxygens (including phenoxy) is 1. The second-order valence-electron chi connectivity index (χ2n) is 6.39. The van der Waals surface area contributed by atoms with E-state index < -0.39 is 15.9 Å². The maximum absolute atomic E-state index is 12.4. The lowest BCUT2D eigenvalue weighted by Gasteiger charge is -2.29. The third-order valence-electron chi connectivity index (χ3n) is 4.32. The first-order valence-electron chi connectivity index (χ1n) is 8.61. The quantitative estimate of drug-likeness (QED) is 0.823. The van der Waals surface area contributed by atoms with Crippen LogP contribution in [0.15, 0.2) is 48.5 Å². The average Bonchev–Trinajstić information content (AvgIpc) is 2.64. The van der Waals surface area contributed by atoms with Crippen LogP contribution in [-0.4, -0.2) is 45.0 Å². The molecule has 1 fully saturated rings. The molecule has 1 N–H and O–H groups in total. The summed E-state index contributed by atoms with van der Waals surface area (Å²) in [5.41, 5.74) is 1.52. The Hall–Kier alpha value is -2.25. The molecule has 0 aliphatic carbocycles. The first-order valence-corrected chi connectivity index (χ1v) is 10.8. The highest BCUT2D eigenvalue weighted by Crippen LogP contribution is 2.22. The van der Waals surface area contributed by atoms with Gasteiger partial charge >= 0.3 is 0 Å². The van der Waals surface area contributed by atoms with Crippen LogP contribution >= 0.6 is 11.6 Å². The van der Waals surface area contributed by atoms with Crippen molar-refractivity contribution >= 4 is 38.7 Å². The maximum Gasteiger partial charge on any atom is 0.265 e. The minimum Gasteiger partial charge on any atom is -0.481 e. The number of carbonyl (C=O) groups is 1. The Morgan fingerprint density at radius 3 is 2.48 bits per heavy atom. The van der Waals surface area contributed by atoms with Crippen molar-refractivity contribution in [2.24, 2.45) is 0 Å². The van der Waals surface area contributed by atoms with E-state index in [2.05, 4.69) is 5.32 Å². The Labute approximate surface area is 164 Å². The van der Waals surface area contributed by atoms with Crippen molar-refractivity contribution in [1.82, 2.24) is 0 Å². The van der Waals surface area contributed by atoms with Crippen LogP contribution in [0.5, 0.6) is 5.75 Å². The van der Waals surface area contributed by atoms with E-state index in [4.69, 9.17) is 16.3 Å². The number of amides is 1. The fourth-order valence-corrected chi connectivity index (χ4v) is 4.09. The standard InChI is InChI=1S/C19H21ClN2O4S/c1-14(26-18-7-5-15(20)6-8-18)19(23)21-16-3-2-4-17(13-16)22-9-11-27(24,25)12-10-22/h2-8,13-14H,9-12H2,1H3,(H,21,23). The van der Waals surface area contributed by atoms with Gasteiger partial charge < -0.3 is 15.0 Å². The number of nitrogens with one attached hydrogen (secondary N) is 1. The van der Waals surface area contributed by atoms with Crippen molar-refractivity contribution in [3.05, 3.63) is 53.6 Å². The number of sulfone groups is 1. The maximum atomic E-state index is 12.4. The molecule has 1 aliphatic rings. The van der Waals surface area contributed by atoms with Crippen molar-refractivity contribution in [2.75, 3.05) is 34.8 Å². The molecule has 1 unspecified atom stereocenters. The Kier molecular flexibility index (Phi) is 5.92. The molecular weight excluding hydrogens is 388 g/mol. The number of rotatable bonds is 5. The van der Waals surface area contributed by atoms with Crippen molar-refractivity contribution in [2.45, 2.75) is 13.0 Å². The smallest absolute Gasteiger partial charge is 0.265 e. The molecule has 0 radical (unpaired) electrons. The second kappa shape index (κ2) is 8.19. The third-order valence-corrected chi connectivity index (χ3v) is 6.18. The summed E-state index contributed by atoms with van der Waals surface area (Å²) in [7, 11) is -2.93. The van der Waals surface area contributed by atoms with E-state index in [1.807, 2.05) is 23.1 Å². The Bertz CT molecular complexity index is 902. The molecule has 1 saturated heterocycles. The van der Waals surface area contributed by atoms with E-state index in [0.29, 0.717) is 29.5 Å². The molecule has 8 heteroatoms. The highest BCUT2D eigenvalue weighted by atomic mass is 35.5. The first-order chi connectivity index (χ1) is 12.8. The number of hydrogen-bond acceptors (Lipinski definition) is 5. The molecule has 0 aromatic heterocycles. The molecule has 1 aliphatic heterocycles. The van der Waals surface area contributed by atoms with E-state index >= 15 is 0 Å². The zero-order valence-corrected chi connectivity index (χ0v) is 16.5. The number of anilines is 2. The molecule has 0 bridgehead atoms. The summed E-state index contributed by atoms with van der Waals surface area (Å²) in [6.45, 7) is 2.58. The summed E-state index contributed by atoms with van der Waals surface area (Å²) in [5.74, 6) is 0.583. The van der Waals surface area contributed by atoms with Gasteiger partial charge in [-0.3, -0.25) is 4.79 Å². The van der Waals surface area contributed by atoms with Gasteiger partial charge in [0.25, 0.3) is 5.91 Å². The lowest BCUT2D eigenvalue weighted by molar-refractivity contribution is -0.122. The number of benzene rings is 2. The summed E-state index contributed by atoms with van der Waals surface area (Å²) >= 11 is 5.84. The van der Waals surface area contributed by atoms with Gasteiger partial charge in [-0.2, -0.15) is 0 Å². The van der Waals surface area contributed by atoms with Crippen molar-refractivity contribution < 1.29 is 17.9 Å². The van der Waals surface area contributed by atoms with Crippen molar-refractivity contribution in [3.63, 3.8) is 0 Å². The summed E-state index contributed by atoms with van der Waals surface area (Å²) < 4.78 is 28.8. The summed E-state index contributed by atoms with van der Waals surface area (Å²) in [5, 5.41) is 3.43. The summed E-state index contributed by atoms with van der Waals surface area (Å²) in [6, 6.07) is 14.2. The minimum absolute atomic E-state index is 0.148. The van der Waals surface area contributed by atoms with Crippen LogP contribution < -0.4 is 15.0 Å². The fourth-order valence-electron chi connectivity index (χ4n) is 2.77. The highest BCUT2D eigenvalue weighted by Gasteiger charge is 2.22. The lowest BCUT2D eigenvalue weighted by atomic mass is 10.2. The first kappa shape index (κ1) is 19.5. The van der Waals surface area contributed by atoms with Gasteiger partial charge in [-0.15, -0.1) is 0 Å². The Balaban J connectivity index is 1.61. The number of hydrogen-bond donors (Lipinski definition) is 1. The molecule has 6 nitrogen and oxygen atoms in total. The molecule has 3 rings (SSSR count). The van der Waals surface area contributed by atoms with Gasteiger partial charge in [0.2, 0.25) is 0 Å². The number of carbonyl (C=O) groups excluding carboxylic acids is 1. The van der Waals surface area contributed by atoms with Crippen LogP contribution in [0.2, 0.25) is 5.02 Å². The largest absolute Gasteiger partial charge is 0.481 e. The Morgan fingerprint density at radius 1 is 1.15 bits per heavy atom. The van der Waals surface area contributed by atoms with Crippen molar-refractivity contribution in [1.29, 1.82) is 0 Å². The van der Waals surface area contributed by atoms with E-state index in [-0.39, 0.29) is 17.4 Å². The van der Waals surface area contributed by atoms with Crippen LogP contribution in [-0.2, 0) is 14.6 Å². The SMILES string of the molecule is CC(Oc1ccc(Cl)cc1)C(=O)Nc1cccc(N2CCS(=O)(=O)CC2)c1. The summed E-state index contributed by atoms with van der Waals surface area (Å²) in [4.78, 5) is 14.4. The molecule has 27 heavy (non-hydrogen) atoms. The van der Waals surface area contributed by atoms with Crippen LogP contribution in [0.4, 0.5) is 11.4 Å². The highest BCUT2D eigenvalue weighted by molar-refractivity contribution is 7.91. The van der Waals surface area contributed by atoms with Gasteiger partial charge in [-0.05, 0) is 49.4 Å². The van der Waals surface area contributed by atoms with Gasteiger partial charge in [0.1, 0.15) is 5.75 Å². The lowest BCUT2D eigenvalue weighted by Crippen LogP contribution is -2.40. The van der Waals surface area contributed by atoms with Gasteiger partial charge in [-0.1, -0.05) is 17.7 Å². The molecule has 1 atom stereocenters. The van der Waals surface area contributed by atoms with E-state index in [0.717, 1.165) is 5.69 Å². The molecule has 1 amide bonds.